The smallest absolute Gasteiger partial charge is 0.268 e. The van der Waals surface area contributed by atoms with Crippen LogP contribution in [0.2, 0.25) is 10.0 Å². The summed E-state index contributed by atoms with van der Waals surface area (Å²) in [5.74, 6) is 0.201. The van der Waals surface area contributed by atoms with Crippen LogP contribution in [0, 0.1) is 6.92 Å². The van der Waals surface area contributed by atoms with Crippen LogP contribution >= 0.6 is 23.2 Å². The number of aromatic amines is 1. The van der Waals surface area contributed by atoms with E-state index in [2.05, 4.69) is 20.3 Å². The fraction of sp³-hybridized carbons (Fsp3) is 0.0952. The minimum Gasteiger partial charge on any atom is -0.455 e. The van der Waals surface area contributed by atoms with E-state index in [4.69, 9.17) is 27.9 Å². The van der Waals surface area contributed by atoms with Crippen molar-refractivity contribution in [2.24, 2.45) is 0 Å². The number of amides is 1. The molecule has 5 rings (SSSR count). The summed E-state index contributed by atoms with van der Waals surface area (Å²) in [6, 6.07) is 11.0. The molecule has 0 atom stereocenters. The number of halogens is 2. The predicted molar refractivity (Wildman–Crippen MR) is 117 cm³/mol. The van der Waals surface area contributed by atoms with Gasteiger partial charge in [0.2, 0.25) is 11.8 Å². The van der Waals surface area contributed by atoms with Gasteiger partial charge in [-0.3, -0.25) is 9.69 Å². The van der Waals surface area contributed by atoms with Crippen LogP contribution in [0.1, 0.15) is 15.9 Å². The molecule has 4 aromatic rings. The quantitative estimate of drug-likeness (QED) is 0.451. The van der Waals surface area contributed by atoms with E-state index in [-0.39, 0.29) is 24.1 Å². The van der Waals surface area contributed by atoms with E-state index < -0.39 is 0 Å². The molecule has 7 nitrogen and oxygen atoms in total. The molecule has 30 heavy (non-hydrogen) atoms. The highest BCUT2D eigenvalue weighted by molar-refractivity contribution is 6.40. The molecule has 3 heterocycles. The number of hydrogen-bond donors (Lipinski definition) is 2. The van der Waals surface area contributed by atoms with Crippen molar-refractivity contribution in [1.29, 1.82) is 0 Å². The number of rotatable bonds is 3. The van der Waals surface area contributed by atoms with E-state index in [9.17, 15) is 4.79 Å². The third kappa shape index (κ3) is 3.12. The van der Waals surface area contributed by atoms with Crippen LogP contribution in [-0.4, -0.2) is 27.6 Å². The van der Waals surface area contributed by atoms with Crippen molar-refractivity contribution in [2.45, 2.75) is 6.92 Å². The number of benzene rings is 2. The van der Waals surface area contributed by atoms with Crippen molar-refractivity contribution >= 4 is 57.3 Å². The van der Waals surface area contributed by atoms with Crippen molar-refractivity contribution in [1.82, 2.24) is 15.0 Å². The number of carbonyl (C=O) groups excluding carboxylic acids is 1. The van der Waals surface area contributed by atoms with Crippen LogP contribution in [-0.2, 0) is 0 Å². The Kier molecular flexibility index (Phi) is 4.49. The SMILES string of the molecule is Cc1cc(Nc2ncc3c(n2)OCN(c2c(Cl)cccc2Cl)C3=O)cc2[nH]ccc12. The lowest BCUT2D eigenvalue weighted by atomic mass is 10.1. The van der Waals surface area contributed by atoms with Gasteiger partial charge in [0, 0.05) is 29.0 Å². The molecule has 0 radical (unpaired) electrons. The summed E-state index contributed by atoms with van der Waals surface area (Å²) < 4.78 is 5.72. The highest BCUT2D eigenvalue weighted by atomic mass is 35.5. The normalized spacial score (nSPS) is 13.3. The number of hydrogen-bond acceptors (Lipinski definition) is 5. The molecular weight excluding hydrogens is 425 g/mol. The number of fused-ring (bicyclic) bond motifs is 2. The van der Waals surface area contributed by atoms with Crippen molar-refractivity contribution in [2.75, 3.05) is 16.9 Å². The van der Waals surface area contributed by atoms with Crippen LogP contribution in [0.4, 0.5) is 17.3 Å². The fourth-order valence-corrected chi connectivity index (χ4v) is 4.08. The Bertz CT molecular complexity index is 1280. The number of anilines is 3. The first-order valence-electron chi connectivity index (χ1n) is 9.12. The van der Waals surface area contributed by atoms with Gasteiger partial charge >= 0.3 is 0 Å². The largest absolute Gasteiger partial charge is 0.455 e. The van der Waals surface area contributed by atoms with Crippen LogP contribution in [0.5, 0.6) is 5.88 Å². The first-order valence-corrected chi connectivity index (χ1v) is 9.87. The summed E-state index contributed by atoms with van der Waals surface area (Å²) in [7, 11) is 0. The number of carbonyl (C=O) groups is 1. The van der Waals surface area contributed by atoms with E-state index in [1.54, 1.807) is 18.2 Å². The van der Waals surface area contributed by atoms with Gasteiger partial charge in [-0.1, -0.05) is 29.3 Å². The van der Waals surface area contributed by atoms with Crippen LogP contribution in [0.3, 0.4) is 0 Å². The average Bonchev–Trinajstić information content (AvgIpc) is 3.19. The molecule has 2 aromatic heterocycles. The summed E-state index contributed by atoms with van der Waals surface area (Å²) in [6.07, 6.45) is 3.33. The number of nitrogens with zero attached hydrogens (tertiary/aromatic N) is 3. The van der Waals surface area contributed by atoms with Crippen molar-refractivity contribution in [3.05, 3.63) is 70.0 Å². The molecule has 1 aliphatic heterocycles. The molecule has 0 aliphatic carbocycles. The molecule has 1 aliphatic rings. The zero-order valence-corrected chi connectivity index (χ0v) is 17.3. The van der Waals surface area contributed by atoms with E-state index in [1.165, 1.54) is 11.1 Å². The zero-order chi connectivity index (χ0) is 20.8. The van der Waals surface area contributed by atoms with Gasteiger partial charge in [-0.15, -0.1) is 0 Å². The summed E-state index contributed by atoms with van der Waals surface area (Å²) in [5.41, 5.74) is 3.59. The average molecular weight is 440 g/mol. The lowest BCUT2D eigenvalue weighted by Crippen LogP contribution is -2.39. The molecule has 150 valence electrons. The molecule has 0 saturated heterocycles. The molecule has 0 saturated carbocycles. The number of aryl methyl sites for hydroxylation is 1. The second kappa shape index (κ2) is 7.19. The Morgan fingerprint density at radius 3 is 2.80 bits per heavy atom. The van der Waals surface area contributed by atoms with Gasteiger partial charge in [0.1, 0.15) is 5.56 Å². The molecule has 1 amide bonds. The Morgan fingerprint density at radius 1 is 1.20 bits per heavy atom. The first-order chi connectivity index (χ1) is 14.5. The van der Waals surface area contributed by atoms with Crippen molar-refractivity contribution in [3.8, 4) is 5.88 Å². The van der Waals surface area contributed by atoms with Gasteiger partial charge in [0.05, 0.1) is 15.7 Å². The van der Waals surface area contributed by atoms with Gasteiger partial charge in [0.15, 0.2) is 6.73 Å². The van der Waals surface area contributed by atoms with Gasteiger partial charge in [-0.25, -0.2) is 4.98 Å². The molecule has 0 spiro atoms. The van der Waals surface area contributed by atoms with Crippen LogP contribution in [0.25, 0.3) is 10.9 Å². The van der Waals surface area contributed by atoms with Crippen LogP contribution < -0.4 is 15.0 Å². The van der Waals surface area contributed by atoms with E-state index in [1.807, 2.05) is 31.3 Å². The van der Waals surface area contributed by atoms with Gasteiger partial charge in [-0.2, -0.15) is 4.98 Å². The minimum absolute atomic E-state index is 0.0563. The highest BCUT2D eigenvalue weighted by Crippen LogP contribution is 2.37. The standard InChI is InChI=1S/C21H15Cl2N5O2/c1-11-7-12(8-17-13(11)5-6-24-17)26-21-25-9-14-19(27-21)30-10-28(20(14)29)18-15(22)3-2-4-16(18)23/h2-9,24H,10H2,1H3,(H,25,26,27). The van der Waals surface area contributed by atoms with Crippen molar-refractivity contribution < 1.29 is 9.53 Å². The monoisotopic (exact) mass is 439 g/mol. The number of nitrogens with one attached hydrogen (secondary N) is 2. The molecule has 0 bridgehead atoms. The van der Waals surface area contributed by atoms with E-state index in [0.717, 1.165) is 22.2 Å². The summed E-state index contributed by atoms with van der Waals surface area (Å²) in [4.78, 5) is 26.2. The molecule has 2 N–H and O–H groups in total. The Labute approximate surface area is 181 Å². The van der Waals surface area contributed by atoms with Gasteiger partial charge in [-0.05, 0) is 42.8 Å². The number of para-hydroxylation sites is 1. The third-order valence-electron chi connectivity index (χ3n) is 4.90. The topological polar surface area (TPSA) is 83.1 Å². The summed E-state index contributed by atoms with van der Waals surface area (Å²) in [6.45, 7) is 1.98. The maximum absolute atomic E-state index is 13.0. The second-order valence-corrected chi connectivity index (χ2v) is 7.66. The lowest BCUT2D eigenvalue weighted by Gasteiger charge is -2.29. The molecule has 0 fully saturated rings. The van der Waals surface area contributed by atoms with E-state index >= 15 is 0 Å². The number of aromatic nitrogens is 3. The molecule has 2 aromatic carbocycles. The minimum atomic E-state index is -0.332. The number of H-pyrrole nitrogens is 1. The zero-order valence-electron chi connectivity index (χ0n) is 15.7. The summed E-state index contributed by atoms with van der Waals surface area (Å²) in [5, 5.41) is 5.03. The van der Waals surface area contributed by atoms with Crippen molar-refractivity contribution in [3.63, 3.8) is 0 Å². The summed E-state index contributed by atoms with van der Waals surface area (Å²) >= 11 is 12.5. The fourth-order valence-electron chi connectivity index (χ4n) is 3.48. The third-order valence-corrected chi connectivity index (χ3v) is 5.51. The first kappa shape index (κ1) is 18.7. The molecule has 9 heteroatoms. The van der Waals surface area contributed by atoms with E-state index in [0.29, 0.717) is 21.7 Å². The lowest BCUT2D eigenvalue weighted by molar-refractivity contribution is 0.0932. The predicted octanol–water partition coefficient (Wildman–Crippen LogP) is 5.31. The van der Waals surface area contributed by atoms with Gasteiger partial charge < -0.3 is 15.0 Å². The van der Waals surface area contributed by atoms with Gasteiger partial charge in [0.25, 0.3) is 5.91 Å². The maximum Gasteiger partial charge on any atom is 0.268 e. The molecule has 0 unspecified atom stereocenters. The highest BCUT2D eigenvalue weighted by Gasteiger charge is 2.31. The Hall–Kier alpha value is -3.29. The Balaban J connectivity index is 1.44. The molecular formula is C21H15Cl2N5O2. The van der Waals surface area contributed by atoms with Crippen LogP contribution in [0.15, 0.2) is 48.8 Å². The second-order valence-electron chi connectivity index (χ2n) is 6.85. The Morgan fingerprint density at radius 2 is 2.00 bits per heavy atom. The maximum atomic E-state index is 13.0. The number of ether oxygens (including phenoxy) is 1.